The molecule has 3 nitrogen and oxygen atoms in total. The summed E-state index contributed by atoms with van der Waals surface area (Å²) in [5.41, 5.74) is 4.44. The highest BCUT2D eigenvalue weighted by molar-refractivity contribution is 7.93. The number of rotatable bonds is 0. The van der Waals surface area contributed by atoms with Crippen molar-refractivity contribution in [1.29, 1.82) is 0 Å². The molecule has 0 saturated heterocycles. The minimum atomic E-state index is -3.45. The van der Waals surface area contributed by atoms with Crippen molar-refractivity contribution < 1.29 is 13.2 Å². The molecule has 1 spiro atoms. The van der Waals surface area contributed by atoms with E-state index in [1.165, 1.54) is 0 Å². The lowest BCUT2D eigenvalue weighted by Gasteiger charge is -2.32. The van der Waals surface area contributed by atoms with Crippen LogP contribution in [-0.2, 0) is 16.3 Å². The Morgan fingerprint density at radius 1 is 1.05 bits per heavy atom. The van der Waals surface area contributed by atoms with E-state index in [9.17, 15) is 13.2 Å². The number of carbonyl (C=O) groups excluding carboxylic acids is 1. The second-order valence-corrected chi connectivity index (χ2v) is 8.40. The molecule has 1 aromatic rings. The quantitative estimate of drug-likeness (QED) is 0.690. The van der Waals surface area contributed by atoms with Gasteiger partial charge in [-0.25, -0.2) is 8.42 Å². The topological polar surface area (TPSA) is 51.2 Å². The Kier molecular flexibility index (Phi) is 2.74. The molecule has 0 unspecified atom stereocenters. The monoisotopic (exact) mass is 290 g/mol. The van der Waals surface area contributed by atoms with Crippen LogP contribution in [0.5, 0.6) is 0 Å². The molecule has 0 N–H and O–H groups in total. The van der Waals surface area contributed by atoms with Gasteiger partial charge in [-0.1, -0.05) is 29.3 Å². The Bertz CT molecular complexity index is 756. The van der Waals surface area contributed by atoms with E-state index in [0.29, 0.717) is 18.4 Å². The van der Waals surface area contributed by atoms with Crippen LogP contribution in [0, 0.1) is 6.92 Å². The molecule has 1 aliphatic carbocycles. The zero-order valence-electron chi connectivity index (χ0n) is 12.0. The molecule has 3 rings (SSSR count). The van der Waals surface area contributed by atoms with Crippen LogP contribution in [0.4, 0.5) is 0 Å². The summed E-state index contributed by atoms with van der Waals surface area (Å²) in [6.07, 6.45) is 0.676. The van der Waals surface area contributed by atoms with Gasteiger partial charge in [-0.15, -0.1) is 0 Å². The van der Waals surface area contributed by atoms with Gasteiger partial charge in [-0.3, -0.25) is 4.79 Å². The molecule has 2 aliphatic rings. The molecule has 0 aromatic heterocycles. The fourth-order valence-electron chi connectivity index (χ4n) is 3.39. The van der Waals surface area contributed by atoms with Crippen molar-refractivity contribution in [3.8, 4) is 0 Å². The number of fused-ring (bicyclic) bond motifs is 1. The third-order valence-electron chi connectivity index (χ3n) is 4.81. The van der Waals surface area contributed by atoms with Crippen LogP contribution in [0.1, 0.15) is 41.8 Å². The Labute approximate surface area is 119 Å². The van der Waals surface area contributed by atoms with Crippen molar-refractivity contribution in [1.82, 2.24) is 0 Å². The molecule has 1 aliphatic heterocycles. The summed E-state index contributed by atoms with van der Waals surface area (Å²) in [6, 6.07) is 5.53. The number of ketones is 1. The number of hydrogen-bond acceptors (Lipinski definition) is 3. The molecule has 106 valence electrons. The van der Waals surface area contributed by atoms with Crippen molar-refractivity contribution in [3.05, 3.63) is 46.0 Å². The molecular weight excluding hydrogens is 272 g/mol. The van der Waals surface area contributed by atoms with Gasteiger partial charge < -0.3 is 0 Å². The summed E-state index contributed by atoms with van der Waals surface area (Å²) in [5, 5.41) is 0. The van der Waals surface area contributed by atoms with Crippen molar-refractivity contribution in [2.45, 2.75) is 38.4 Å². The largest absolute Gasteiger partial charge is 0.292 e. The van der Waals surface area contributed by atoms with Crippen LogP contribution in [0.25, 0.3) is 0 Å². The van der Waals surface area contributed by atoms with Gasteiger partial charge in [-0.05, 0) is 38.3 Å². The summed E-state index contributed by atoms with van der Waals surface area (Å²) in [5.74, 6) is -0.194. The van der Waals surface area contributed by atoms with E-state index in [0.717, 1.165) is 22.3 Å². The highest BCUT2D eigenvalue weighted by Crippen LogP contribution is 2.45. The van der Waals surface area contributed by atoms with E-state index in [2.05, 4.69) is 0 Å². The minimum absolute atomic E-state index is 0.0115. The van der Waals surface area contributed by atoms with Crippen molar-refractivity contribution in [2.75, 3.05) is 5.75 Å². The summed E-state index contributed by atoms with van der Waals surface area (Å²) in [7, 11) is -3.45. The molecule has 20 heavy (non-hydrogen) atoms. The minimum Gasteiger partial charge on any atom is -0.292 e. The van der Waals surface area contributed by atoms with Gasteiger partial charge in [0.2, 0.25) is 0 Å². The van der Waals surface area contributed by atoms with Crippen molar-refractivity contribution >= 4 is 15.6 Å². The van der Waals surface area contributed by atoms with Gasteiger partial charge in [0, 0.05) is 12.0 Å². The second kappa shape index (κ2) is 4.04. The van der Waals surface area contributed by atoms with E-state index < -0.39 is 14.6 Å². The zero-order chi connectivity index (χ0) is 14.7. The summed E-state index contributed by atoms with van der Waals surface area (Å²) in [4.78, 5) is 12.8. The third kappa shape index (κ3) is 1.57. The van der Waals surface area contributed by atoms with Crippen molar-refractivity contribution in [3.63, 3.8) is 0 Å². The fourth-order valence-corrected chi connectivity index (χ4v) is 5.68. The third-order valence-corrected chi connectivity index (χ3v) is 7.29. The van der Waals surface area contributed by atoms with Gasteiger partial charge in [0.15, 0.2) is 15.6 Å². The van der Waals surface area contributed by atoms with Crippen LogP contribution in [0.3, 0.4) is 0 Å². The molecule has 0 fully saturated rings. The SMILES string of the molecule is CC1=C(C)CS(=O)(=O)[C@@]2(C1)Cc1c(C)cccc1C2=O. The second-order valence-electron chi connectivity index (χ2n) is 6.10. The normalized spacial score (nSPS) is 28.1. The lowest BCUT2D eigenvalue weighted by atomic mass is 9.92. The molecule has 1 aromatic carbocycles. The first-order chi connectivity index (χ1) is 9.28. The molecule has 0 bridgehead atoms. The number of sulfone groups is 1. The Morgan fingerprint density at radius 2 is 1.75 bits per heavy atom. The number of benzene rings is 1. The maximum Gasteiger partial charge on any atom is 0.185 e. The molecule has 0 radical (unpaired) electrons. The fraction of sp³-hybridized carbons (Fsp3) is 0.438. The van der Waals surface area contributed by atoms with E-state index in [-0.39, 0.29) is 11.5 Å². The van der Waals surface area contributed by atoms with Crippen LogP contribution < -0.4 is 0 Å². The summed E-state index contributed by atoms with van der Waals surface area (Å²) >= 11 is 0. The maximum atomic E-state index is 12.8. The van der Waals surface area contributed by atoms with E-state index >= 15 is 0 Å². The van der Waals surface area contributed by atoms with Gasteiger partial charge in [0.05, 0.1) is 5.75 Å². The first kappa shape index (κ1) is 13.6. The molecule has 0 amide bonds. The van der Waals surface area contributed by atoms with Gasteiger partial charge in [-0.2, -0.15) is 0 Å². The van der Waals surface area contributed by atoms with Crippen LogP contribution in [0.15, 0.2) is 29.3 Å². The van der Waals surface area contributed by atoms with Gasteiger partial charge >= 0.3 is 0 Å². The first-order valence-corrected chi connectivity index (χ1v) is 8.44. The number of aryl methyl sites for hydroxylation is 1. The first-order valence-electron chi connectivity index (χ1n) is 6.79. The predicted octanol–water partition coefficient (Wildman–Crippen LogP) is 2.63. The van der Waals surface area contributed by atoms with Gasteiger partial charge in [0.1, 0.15) is 4.75 Å². The Morgan fingerprint density at radius 3 is 2.40 bits per heavy atom. The average molecular weight is 290 g/mol. The van der Waals surface area contributed by atoms with Gasteiger partial charge in [0.25, 0.3) is 0 Å². The zero-order valence-corrected chi connectivity index (χ0v) is 12.8. The number of hydrogen-bond donors (Lipinski definition) is 0. The van der Waals surface area contributed by atoms with E-state index in [1.54, 1.807) is 6.07 Å². The number of carbonyl (C=O) groups is 1. The van der Waals surface area contributed by atoms with Crippen LogP contribution in [0.2, 0.25) is 0 Å². The lowest BCUT2D eigenvalue weighted by molar-refractivity contribution is 0.0951. The highest BCUT2D eigenvalue weighted by Gasteiger charge is 2.56. The van der Waals surface area contributed by atoms with Crippen LogP contribution >= 0.6 is 0 Å². The Balaban J connectivity index is 2.23. The predicted molar refractivity (Wildman–Crippen MR) is 78.7 cm³/mol. The lowest BCUT2D eigenvalue weighted by Crippen LogP contribution is -2.48. The highest BCUT2D eigenvalue weighted by atomic mass is 32.2. The smallest absolute Gasteiger partial charge is 0.185 e. The van der Waals surface area contributed by atoms with E-state index in [1.807, 2.05) is 32.9 Å². The molecule has 1 heterocycles. The van der Waals surface area contributed by atoms with Crippen molar-refractivity contribution in [2.24, 2.45) is 0 Å². The molecule has 0 saturated carbocycles. The maximum absolute atomic E-state index is 12.8. The van der Waals surface area contributed by atoms with E-state index in [4.69, 9.17) is 0 Å². The standard InChI is InChI=1S/C16H18O3S/c1-10-5-4-6-13-14(10)8-16(15(13)17)7-11(2)12(3)9-20(16,18)19/h4-6H,7-9H2,1-3H3/t16-/m0/s1. The summed E-state index contributed by atoms with van der Waals surface area (Å²) in [6.45, 7) is 5.72. The average Bonchev–Trinajstić information content (AvgIpc) is 2.64. The number of Topliss-reactive ketones (excluding diaryl/α,β-unsaturated/α-hetero) is 1. The van der Waals surface area contributed by atoms with Crippen LogP contribution in [-0.4, -0.2) is 24.7 Å². The Hall–Kier alpha value is -1.42. The molecule has 4 heteroatoms. The number of allylic oxidation sites excluding steroid dienone is 1. The molecule has 1 atom stereocenters. The molecular formula is C16H18O3S. The summed E-state index contributed by atoms with van der Waals surface area (Å²) < 4.78 is 24.1.